The number of ether oxygens (including phenoxy) is 1. The van der Waals surface area contributed by atoms with E-state index in [1.807, 2.05) is 12.4 Å². The van der Waals surface area contributed by atoms with Crippen LogP contribution >= 0.6 is 0 Å². The number of anilines is 2. The Bertz CT molecular complexity index is 971. The largest absolute Gasteiger partial charge is 0.388 e. The van der Waals surface area contributed by atoms with Crippen molar-refractivity contribution in [2.75, 3.05) is 43.6 Å². The van der Waals surface area contributed by atoms with E-state index in [9.17, 15) is 4.39 Å². The monoisotopic (exact) mass is 353 g/mol. The van der Waals surface area contributed by atoms with Crippen molar-refractivity contribution in [3.8, 4) is 5.69 Å². The third-order valence-corrected chi connectivity index (χ3v) is 5.43. The normalized spacial score (nSPS) is 18.5. The van der Waals surface area contributed by atoms with Crippen molar-refractivity contribution in [2.45, 2.75) is 6.42 Å². The Morgan fingerprint density at radius 2 is 2.15 bits per heavy atom. The third kappa shape index (κ3) is 2.42. The predicted octanol–water partition coefficient (Wildman–Crippen LogP) is 2.83. The van der Waals surface area contributed by atoms with Crippen LogP contribution in [-0.2, 0) is 4.74 Å². The van der Waals surface area contributed by atoms with Crippen molar-refractivity contribution >= 4 is 22.4 Å². The van der Waals surface area contributed by atoms with E-state index in [1.165, 1.54) is 6.07 Å². The molecule has 1 aromatic carbocycles. The van der Waals surface area contributed by atoms with E-state index < -0.39 is 0 Å². The zero-order chi connectivity index (χ0) is 17.7. The van der Waals surface area contributed by atoms with Gasteiger partial charge < -0.3 is 15.0 Å². The molecule has 2 fully saturated rings. The molecule has 0 unspecified atom stereocenters. The summed E-state index contributed by atoms with van der Waals surface area (Å²) < 4.78 is 21.3. The number of hydrogen-bond acceptors (Lipinski definition) is 5. The van der Waals surface area contributed by atoms with Crippen LogP contribution in [-0.4, -0.2) is 48.1 Å². The quantitative estimate of drug-likeness (QED) is 0.785. The van der Waals surface area contributed by atoms with E-state index >= 15 is 0 Å². The van der Waals surface area contributed by atoms with Crippen LogP contribution in [0.5, 0.6) is 0 Å². The first-order chi connectivity index (χ1) is 12.7. The Morgan fingerprint density at radius 3 is 2.92 bits per heavy atom. The van der Waals surface area contributed by atoms with Gasteiger partial charge in [-0.15, -0.1) is 5.10 Å². The SMILES string of the molecule is CNc1ccc(F)c(-n2cc3cc(N4CC5(CCOC5)C4)cnc3n2)c1. The number of nitrogens with one attached hydrogen (secondary N) is 1. The summed E-state index contributed by atoms with van der Waals surface area (Å²) in [6.07, 6.45) is 4.82. The van der Waals surface area contributed by atoms with E-state index in [0.29, 0.717) is 16.7 Å². The van der Waals surface area contributed by atoms with Gasteiger partial charge in [0, 0.05) is 49.4 Å². The topological polar surface area (TPSA) is 55.2 Å². The second-order valence-electron chi connectivity index (χ2n) is 7.25. The van der Waals surface area contributed by atoms with Crippen LogP contribution in [0.25, 0.3) is 16.7 Å². The van der Waals surface area contributed by atoms with Crippen molar-refractivity contribution in [3.63, 3.8) is 0 Å². The lowest BCUT2D eigenvalue weighted by Gasteiger charge is -2.48. The number of fused-ring (bicyclic) bond motifs is 1. The molecule has 0 radical (unpaired) electrons. The van der Waals surface area contributed by atoms with Crippen molar-refractivity contribution in [2.24, 2.45) is 5.41 Å². The van der Waals surface area contributed by atoms with E-state index in [0.717, 1.165) is 49.5 Å². The summed E-state index contributed by atoms with van der Waals surface area (Å²) >= 11 is 0. The molecule has 0 saturated carbocycles. The highest BCUT2D eigenvalue weighted by molar-refractivity contribution is 5.79. The zero-order valence-corrected chi connectivity index (χ0v) is 14.6. The van der Waals surface area contributed by atoms with E-state index in [-0.39, 0.29) is 5.82 Å². The number of pyridine rings is 1. The minimum atomic E-state index is -0.317. The molecule has 2 aliphatic rings. The lowest BCUT2D eigenvalue weighted by molar-refractivity contribution is 0.131. The molecule has 5 rings (SSSR count). The van der Waals surface area contributed by atoms with Crippen LogP contribution in [0.15, 0.2) is 36.7 Å². The van der Waals surface area contributed by atoms with Gasteiger partial charge in [-0.1, -0.05) is 0 Å². The smallest absolute Gasteiger partial charge is 0.181 e. The van der Waals surface area contributed by atoms with Crippen LogP contribution in [0, 0.1) is 11.2 Å². The lowest BCUT2D eigenvalue weighted by Crippen LogP contribution is -2.57. The average molecular weight is 353 g/mol. The fourth-order valence-electron chi connectivity index (χ4n) is 3.89. The molecule has 6 nitrogen and oxygen atoms in total. The molecule has 2 saturated heterocycles. The molecule has 0 aliphatic carbocycles. The van der Waals surface area contributed by atoms with Gasteiger partial charge in [0.25, 0.3) is 0 Å². The van der Waals surface area contributed by atoms with Crippen LogP contribution < -0.4 is 10.2 Å². The second-order valence-corrected chi connectivity index (χ2v) is 7.25. The molecular formula is C19H20FN5O. The van der Waals surface area contributed by atoms with Gasteiger partial charge in [-0.25, -0.2) is 14.1 Å². The number of benzene rings is 1. The maximum Gasteiger partial charge on any atom is 0.181 e. The summed E-state index contributed by atoms with van der Waals surface area (Å²) in [4.78, 5) is 6.79. The Morgan fingerprint density at radius 1 is 1.27 bits per heavy atom. The van der Waals surface area contributed by atoms with Gasteiger partial charge in [-0.2, -0.15) is 0 Å². The molecule has 4 heterocycles. The fraction of sp³-hybridized carbons (Fsp3) is 0.368. The maximum atomic E-state index is 14.2. The summed E-state index contributed by atoms with van der Waals surface area (Å²) in [7, 11) is 1.81. The Kier molecular flexibility index (Phi) is 3.40. The van der Waals surface area contributed by atoms with Gasteiger partial charge in [0.05, 0.1) is 18.5 Å². The number of hydrogen-bond donors (Lipinski definition) is 1. The van der Waals surface area contributed by atoms with Crippen LogP contribution in [0.2, 0.25) is 0 Å². The number of nitrogens with zero attached hydrogens (tertiary/aromatic N) is 4. The van der Waals surface area contributed by atoms with E-state index in [2.05, 4.69) is 26.4 Å². The van der Waals surface area contributed by atoms with Crippen molar-refractivity contribution in [1.82, 2.24) is 14.8 Å². The van der Waals surface area contributed by atoms with E-state index in [1.54, 1.807) is 23.9 Å². The highest BCUT2D eigenvalue weighted by Crippen LogP contribution is 2.41. The van der Waals surface area contributed by atoms with Crippen LogP contribution in [0.3, 0.4) is 0 Å². The third-order valence-electron chi connectivity index (χ3n) is 5.43. The number of rotatable bonds is 3. The summed E-state index contributed by atoms with van der Waals surface area (Å²) in [6, 6.07) is 6.95. The Labute approximate surface area is 150 Å². The van der Waals surface area contributed by atoms with Gasteiger partial charge in [0.15, 0.2) is 5.65 Å². The van der Waals surface area contributed by atoms with Crippen LogP contribution in [0.1, 0.15) is 6.42 Å². The van der Waals surface area contributed by atoms with Gasteiger partial charge in [-0.3, -0.25) is 0 Å². The van der Waals surface area contributed by atoms with Gasteiger partial charge >= 0.3 is 0 Å². The summed E-state index contributed by atoms with van der Waals surface area (Å²) in [5.41, 5.74) is 3.26. The first kappa shape index (κ1) is 15.6. The minimum Gasteiger partial charge on any atom is -0.388 e. The molecular weight excluding hydrogens is 333 g/mol. The average Bonchev–Trinajstić information content (AvgIpc) is 3.27. The molecule has 0 atom stereocenters. The number of aromatic nitrogens is 3. The van der Waals surface area contributed by atoms with Gasteiger partial charge in [0.2, 0.25) is 0 Å². The predicted molar refractivity (Wildman–Crippen MR) is 98.5 cm³/mol. The highest BCUT2D eigenvalue weighted by Gasteiger charge is 2.45. The highest BCUT2D eigenvalue weighted by atomic mass is 19.1. The molecule has 3 aromatic rings. The first-order valence-electron chi connectivity index (χ1n) is 8.82. The van der Waals surface area contributed by atoms with Crippen molar-refractivity contribution < 1.29 is 9.13 Å². The molecule has 7 heteroatoms. The van der Waals surface area contributed by atoms with Gasteiger partial charge in [-0.05, 0) is 30.7 Å². The first-order valence-corrected chi connectivity index (χ1v) is 8.82. The fourth-order valence-corrected chi connectivity index (χ4v) is 3.89. The second kappa shape index (κ2) is 5.67. The minimum absolute atomic E-state index is 0.317. The van der Waals surface area contributed by atoms with Crippen LogP contribution in [0.4, 0.5) is 15.8 Å². The molecule has 0 amide bonds. The van der Waals surface area contributed by atoms with Gasteiger partial charge in [0.1, 0.15) is 11.5 Å². The van der Waals surface area contributed by atoms with Crippen molar-refractivity contribution in [1.29, 1.82) is 0 Å². The zero-order valence-electron chi connectivity index (χ0n) is 14.6. The standard InChI is InChI=1S/C19H20FN5O/c1-21-14-2-3-16(20)17(7-14)25-9-13-6-15(8-22-18(13)23-25)24-10-19(11-24)4-5-26-12-19/h2-3,6-9,21H,4-5,10-12H2,1H3. The Balaban J connectivity index is 1.45. The Hall–Kier alpha value is -2.67. The molecule has 0 bridgehead atoms. The summed E-state index contributed by atoms with van der Waals surface area (Å²) in [5, 5.41) is 8.36. The lowest BCUT2D eigenvalue weighted by atomic mass is 9.79. The molecule has 26 heavy (non-hydrogen) atoms. The molecule has 1 N–H and O–H groups in total. The van der Waals surface area contributed by atoms with Crippen molar-refractivity contribution in [3.05, 3.63) is 42.5 Å². The molecule has 2 aliphatic heterocycles. The molecule has 1 spiro atoms. The summed E-state index contributed by atoms with van der Waals surface area (Å²) in [6.45, 7) is 3.74. The maximum absolute atomic E-state index is 14.2. The molecule has 2 aromatic heterocycles. The number of halogens is 1. The summed E-state index contributed by atoms with van der Waals surface area (Å²) in [5.74, 6) is -0.317. The molecule has 134 valence electrons. The van der Waals surface area contributed by atoms with E-state index in [4.69, 9.17) is 4.74 Å².